The minimum Gasteiger partial charge on any atom is -0.493 e. The van der Waals surface area contributed by atoms with E-state index in [0.717, 1.165) is 16.9 Å². The molecule has 0 radical (unpaired) electrons. The second kappa shape index (κ2) is 5.40. The molecule has 0 aliphatic carbocycles. The highest BCUT2D eigenvalue weighted by atomic mass is 32.2. The molecule has 0 bridgehead atoms. The van der Waals surface area contributed by atoms with E-state index in [-0.39, 0.29) is 5.75 Å². The third-order valence-corrected chi connectivity index (χ3v) is 3.42. The van der Waals surface area contributed by atoms with Crippen LogP contribution in [0.3, 0.4) is 0 Å². The SMILES string of the molecule is Cc1cc(N)cc(C)c1OCCCS(C)(=O)=O. The van der Waals surface area contributed by atoms with Gasteiger partial charge in [0.25, 0.3) is 0 Å². The summed E-state index contributed by atoms with van der Waals surface area (Å²) < 4.78 is 27.5. The lowest BCUT2D eigenvalue weighted by molar-refractivity contribution is 0.313. The minimum absolute atomic E-state index is 0.153. The lowest BCUT2D eigenvalue weighted by Gasteiger charge is -2.12. The third kappa shape index (κ3) is 4.65. The molecule has 0 unspecified atom stereocenters. The van der Waals surface area contributed by atoms with Gasteiger partial charge in [-0.05, 0) is 43.5 Å². The fraction of sp³-hybridized carbons (Fsp3) is 0.500. The van der Waals surface area contributed by atoms with Gasteiger partial charge in [0, 0.05) is 11.9 Å². The van der Waals surface area contributed by atoms with E-state index in [9.17, 15) is 8.42 Å². The molecule has 0 spiro atoms. The van der Waals surface area contributed by atoms with Crippen LogP contribution in [0.25, 0.3) is 0 Å². The van der Waals surface area contributed by atoms with E-state index < -0.39 is 9.84 Å². The highest BCUT2D eigenvalue weighted by Gasteiger charge is 2.06. The van der Waals surface area contributed by atoms with E-state index in [0.29, 0.717) is 18.7 Å². The molecule has 0 atom stereocenters. The van der Waals surface area contributed by atoms with E-state index in [2.05, 4.69) is 0 Å². The normalized spacial score (nSPS) is 11.5. The third-order valence-electron chi connectivity index (χ3n) is 2.39. The second-order valence-corrected chi connectivity index (χ2v) is 6.58. The Morgan fingerprint density at radius 1 is 1.24 bits per heavy atom. The zero-order chi connectivity index (χ0) is 13.1. The van der Waals surface area contributed by atoms with E-state index in [4.69, 9.17) is 10.5 Å². The van der Waals surface area contributed by atoms with Crippen LogP contribution in [-0.4, -0.2) is 27.0 Å². The first-order chi connectivity index (χ1) is 7.79. The molecule has 0 aliphatic rings. The van der Waals surface area contributed by atoms with Gasteiger partial charge >= 0.3 is 0 Å². The summed E-state index contributed by atoms with van der Waals surface area (Å²) >= 11 is 0. The molecule has 0 saturated carbocycles. The molecule has 1 rings (SSSR count). The molecule has 17 heavy (non-hydrogen) atoms. The molecule has 0 fully saturated rings. The number of rotatable bonds is 5. The van der Waals surface area contributed by atoms with Crippen molar-refractivity contribution in [3.8, 4) is 5.75 Å². The van der Waals surface area contributed by atoms with E-state index in [1.807, 2.05) is 26.0 Å². The Morgan fingerprint density at radius 2 is 1.76 bits per heavy atom. The van der Waals surface area contributed by atoms with Crippen molar-refractivity contribution in [2.24, 2.45) is 0 Å². The number of aryl methyl sites for hydroxylation is 2. The Bertz CT molecular complexity index is 471. The van der Waals surface area contributed by atoms with Gasteiger partial charge in [-0.15, -0.1) is 0 Å². The number of nitrogen functional groups attached to an aromatic ring is 1. The first kappa shape index (κ1) is 13.8. The summed E-state index contributed by atoms with van der Waals surface area (Å²) in [6.45, 7) is 4.25. The first-order valence-electron chi connectivity index (χ1n) is 5.47. The zero-order valence-corrected chi connectivity index (χ0v) is 11.3. The zero-order valence-electron chi connectivity index (χ0n) is 10.5. The van der Waals surface area contributed by atoms with Gasteiger partial charge in [0.2, 0.25) is 0 Å². The van der Waals surface area contributed by atoms with Crippen LogP contribution in [0.1, 0.15) is 17.5 Å². The van der Waals surface area contributed by atoms with Crippen LogP contribution in [0.15, 0.2) is 12.1 Å². The van der Waals surface area contributed by atoms with Gasteiger partial charge in [0.1, 0.15) is 15.6 Å². The summed E-state index contributed by atoms with van der Waals surface area (Å²) in [6, 6.07) is 3.69. The summed E-state index contributed by atoms with van der Waals surface area (Å²) in [6.07, 6.45) is 1.73. The van der Waals surface area contributed by atoms with Crippen LogP contribution in [0.2, 0.25) is 0 Å². The minimum atomic E-state index is -2.91. The van der Waals surface area contributed by atoms with Crippen molar-refractivity contribution in [3.63, 3.8) is 0 Å². The molecular weight excluding hydrogens is 238 g/mol. The number of nitrogens with two attached hydrogens (primary N) is 1. The standard InChI is InChI=1S/C12H19NO3S/c1-9-7-11(13)8-10(2)12(9)16-5-4-6-17(3,14)15/h7-8H,4-6,13H2,1-3H3. The van der Waals surface area contributed by atoms with Gasteiger partial charge in [-0.25, -0.2) is 8.42 Å². The van der Waals surface area contributed by atoms with E-state index in [1.165, 1.54) is 6.26 Å². The van der Waals surface area contributed by atoms with Crippen molar-refractivity contribution in [2.75, 3.05) is 24.3 Å². The molecule has 2 N–H and O–H groups in total. The summed E-state index contributed by atoms with van der Waals surface area (Å²) in [5.74, 6) is 0.952. The van der Waals surface area contributed by atoms with Crippen molar-refractivity contribution in [3.05, 3.63) is 23.3 Å². The number of ether oxygens (including phenoxy) is 1. The highest BCUT2D eigenvalue weighted by Crippen LogP contribution is 2.25. The fourth-order valence-electron chi connectivity index (χ4n) is 1.71. The van der Waals surface area contributed by atoms with Gasteiger partial charge in [-0.3, -0.25) is 0 Å². The van der Waals surface area contributed by atoms with Crippen molar-refractivity contribution in [1.82, 2.24) is 0 Å². The number of benzene rings is 1. The highest BCUT2D eigenvalue weighted by molar-refractivity contribution is 7.90. The van der Waals surface area contributed by atoms with Crippen molar-refractivity contribution in [1.29, 1.82) is 0 Å². The first-order valence-corrected chi connectivity index (χ1v) is 7.53. The maximum Gasteiger partial charge on any atom is 0.147 e. The number of hydrogen-bond donors (Lipinski definition) is 1. The van der Waals surface area contributed by atoms with Crippen LogP contribution in [-0.2, 0) is 9.84 Å². The van der Waals surface area contributed by atoms with Crippen molar-refractivity contribution < 1.29 is 13.2 Å². The van der Waals surface area contributed by atoms with Gasteiger partial charge < -0.3 is 10.5 Å². The average Bonchev–Trinajstić information content (AvgIpc) is 2.13. The molecule has 5 heteroatoms. The molecular formula is C12H19NO3S. The summed E-state index contributed by atoms with van der Waals surface area (Å²) in [7, 11) is -2.91. The van der Waals surface area contributed by atoms with Crippen molar-refractivity contribution in [2.45, 2.75) is 20.3 Å². The van der Waals surface area contributed by atoms with Gasteiger partial charge in [0.15, 0.2) is 0 Å². The predicted molar refractivity (Wildman–Crippen MR) is 70.2 cm³/mol. The summed E-state index contributed by atoms with van der Waals surface area (Å²) in [4.78, 5) is 0. The van der Waals surface area contributed by atoms with Crippen LogP contribution in [0.5, 0.6) is 5.75 Å². The topological polar surface area (TPSA) is 69.4 Å². The molecule has 1 aromatic rings. The molecule has 0 aliphatic heterocycles. The largest absolute Gasteiger partial charge is 0.493 e. The molecule has 0 aromatic heterocycles. The molecule has 4 nitrogen and oxygen atoms in total. The molecule has 1 aromatic carbocycles. The predicted octanol–water partition coefficient (Wildman–Crippen LogP) is 1.70. The van der Waals surface area contributed by atoms with Gasteiger partial charge in [0.05, 0.1) is 12.4 Å². The van der Waals surface area contributed by atoms with Crippen LogP contribution >= 0.6 is 0 Å². The second-order valence-electron chi connectivity index (χ2n) is 4.32. The Balaban J connectivity index is 2.58. The fourth-order valence-corrected chi connectivity index (χ4v) is 2.35. The van der Waals surface area contributed by atoms with Gasteiger partial charge in [-0.1, -0.05) is 0 Å². The number of anilines is 1. The van der Waals surface area contributed by atoms with Crippen molar-refractivity contribution >= 4 is 15.5 Å². The Hall–Kier alpha value is -1.23. The van der Waals surface area contributed by atoms with Crippen LogP contribution in [0, 0.1) is 13.8 Å². The van der Waals surface area contributed by atoms with E-state index in [1.54, 1.807) is 0 Å². The summed E-state index contributed by atoms with van der Waals surface area (Å²) in [5.41, 5.74) is 8.36. The molecule has 0 saturated heterocycles. The smallest absolute Gasteiger partial charge is 0.147 e. The summed E-state index contributed by atoms with van der Waals surface area (Å²) in [5, 5.41) is 0. The maximum atomic E-state index is 10.9. The van der Waals surface area contributed by atoms with Crippen LogP contribution < -0.4 is 10.5 Å². The quantitative estimate of drug-likeness (QED) is 0.644. The van der Waals surface area contributed by atoms with Crippen LogP contribution in [0.4, 0.5) is 5.69 Å². The number of sulfone groups is 1. The maximum absolute atomic E-state index is 10.9. The van der Waals surface area contributed by atoms with Gasteiger partial charge in [-0.2, -0.15) is 0 Å². The number of hydrogen-bond acceptors (Lipinski definition) is 4. The average molecular weight is 257 g/mol. The lowest BCUT2D eigenvalue weighted by Crippen LogP contribution is -2.09. The Kier molecular flexibility index (Phi) is 4.40. The Morgan fingerprint density at radius 3 is 2.24 bits per heavy atom. The lowest BCUT2D eigenvalue weighted by atomic mass is 10.1. The molecule has 0 heterocycles. The van der Waals surface area contributed by atoms with E-state index >= 15 is 0 Å². The molecule has 96 valence electrons. The monoisotopic (exact) mass is 257 g/mol. The Labute approximate surface area is 103 Å². The molecule has 0 amide bonds.